The number of ether oxygens (including phenoxy) is 2. The maximum atomic E-state index is 12.6. The molecule has 0 aliphatic carbocycles. The molecule has 170 valence electrons. The number of hydrogen-bond acceptors (Lipinski definition) is 8. The number of nitrogens with one attached hydrogen (secondary N) is 2. The third-order valence-corrected chi connectivity index (χ3v) is 4.50. The van der Waals surface area contributed by atoms with Gasteiger partial charge in [-0.05, 0) is 44.2 Å². The van der Waals surface area contributed by atoms with Crippen LogP contribution < -0.4 is 15.4 Å². The van der Waals surface area contributed by atoms with E-state index < -0.39 is 5.97 Å². The van der Waals surface area contributed by atoms with Crippen LogP contribution >= 0.6 is 0 Å². The molecule has 2 heterocycles. The summed E-state index contributed by atoms with van der Waals surface area (Å²) < 4.78 is 10.9. The van der Waals surface area contributed by atoms with Gasteiger partial charge >= 0.3 is 5.97 Å². The lowest BCUT2D eigenvalue weighted by Crippen LogP contribution is -2.15. The van der Waals surface area contributed by atoms with Crippen LogP contribution in [0, 0.1) is 0 Å². The Hall–Kier alpha value is -4.27. The molecule has 0 saturated carbocycles. The highest BCUT2D eigenvalue weighted by molar-refractivity contribution is 6.03. The number of esters is 1. The topological polar surface area (TPSA) is 111 Å². The summed E-state index contributed by atoms with van der Waals surface area (Å²) in [5, 5.41) is 6.23. The van der Waals surface area contributed by atoms with Crippen LogP contribution in [0.3, 0.4) is 0 Å². The van der Waals surface area contributed by atoms with E-state index in [0.29, 0.717) is 17.3 Å². The summed E-state index contributed by atoms with van der Waals surface area (Å²) in [6.07, 6.45) is 6.76. The van der Waals surface area contributed by atoms with Crippen LogP contribution in [-0.4, -0.2) is 47.5 Å². The van der Waals surface area contributed by atoms with Crippen LogP contribution in [-0.2, 0) is 4.74 Å². The van der Waals surface area contributed by atoms with E-state index in [1.54, 1.807) is 33.4 Å². The van der Waals surface area contributed by atoms with Crippen molar-refractivity contribution in [2.45, 2.75) is 13.8 Å². The van der Waals surface area contributed by atoms with Gasteiger partial charge in [-0.15, -0.1) is 0 Å². The van der Waals surface area contributed by atoms with Crippen molar-refractivity contribution in [2.75, 3.05) is 31.4 Å². The van der Waals surface area contributed by atoms with E-state index in [2.05, 4.69) is 30.6 Å². The molecule has 0 fully saturated rings. The lowest BCUT2D eigenvalue weighted by Gasteiger charge is -2.16. The van der Waals surface area contributed by atoms with Gasteiger partial charge in [-0.1, -0.05) is 18.2 Å². The van der Waals surface area contributed by atoms with Crippen molar-refractivity contribution in [2.24, 2.45) is 4.99 Å². The number of carbonyl (C=O) groups excluding carboxylic acids is 1. The van der Waals surface area contributed by atoms with Crippen molar-refractivity contribution in [1.29, 1.82) is 0 Å². The Morgan fingerprint density at radius 1 is 1.18 bits per heavy atom. The van der Waals surface area contributed by atoms with Gasteiger partial charge in [0.1, 0.15) is 11.4 Å². The first-order valence-corrected chi connectivity index (χ1v) is 10.4. The minimum atomic E-state index is -0.538. The minimum absolute atomic E-state index is 0.189. The maximum Gasteiger partial charge on any atom is 0.343 e. The highest BCUT2D eigenvalue weighted by Crippen LogP contribution is 2.37. The molecule has 0 radical (unpaired) electrons. The molecule has 33 heavy (non-hydrogen) atoms. The van der Waals surface area contributed by atoms with E-state index in [1.807, 2.05) is 49.4 Å². The summed E-state index contributed by atoms with van der Waals surface area (Å²) in [7, 11) is 3.23. The van der Waals surface area contributed by atoms with E-state index in [9.17, 15) is 4.79 Å². The van der Waals surface area contributed by atoms with Crippen molar-refractivity contribution >= 4 is 29.3 Å². The van der Waals surface area contributed by atoms with Crippen LogP contribution in [0.2, 0.25) is 0 Å². The van der Waals surface area contributed by atoms with Gasteiger partial charge in [-0.2, -0.15) is 4.98 Å². The number of hydrogen-bond donors (Lipinski definition) is 2. The number of para-hydroxylation sites is 1. The van der Waals surface area contributed by atoms with Gasteiger partial charge < -0.3 is 20.1 Å². The average Bonchev–Trinajstić information content (AvgIpc) is 2.84. The van der Waals surface area contributed by atoms with Gasteiger partial charge in [0.25, 0.3) is 0 Å². The summed E-state index contributed by atoms with van der Waals surface area (Å²) >= 11 is 0. The number of amidine groups is 1. The second-order valence-corrected chi connectivity index (χ2v) is 6.64. The Bertz CT molecular complexity index is 1160. The first kappa shape index (κ1) is 23.4. The van der Waals surface area contributed by atoms with Crippen LogP contribution in [0.15, 0.2) is 65.9 Å². The standard InChI is InChI=1S/C24H26N6O3/c1-5-10-20(25-3)29-24-27-15-17(23(31)33-6-2)22(30-24)28-19-13-9-11-16(21(19)32-4)18-12-7-8-14-26-18/h5,7-15H,6H2,1-4H3,(H2,25,27,28,29,30)/b10-5-. The fraction of sp³-hybridized carbons (Fsp3) is 0.208. The molecule has 3 aromatic rings. The molecule has 0 saturated heterocycles. The predicted octanol–water partition coefficient (Wildman–Crippen LogP) is 4.48. The minimum Gasteiger partial charge on any atom is -0.494 e. The molecule has 9 nitrogen and oxygen atoms in total. The fourth-order valence-corrected chi connectivity index (χ4v) is 3.05. The van der Waals surface area contributed by atoms with Crippen LogP contribution in [0.5, 0.6) is 5.75 Å². The quantitative estimate of drug-likeness (QED) is 0.296. The summed E-state index contributed by atoms with van der Waals surface area (Å²) in [4.78, 5) is 29.9. The van der Waals surface area contributed by atoms with E-state index >= 15 is 0 Å². The molecule has 1 aromatic carbocycles. The van der Waals surface area contributed by atoms with E-state index in [0.717, 1.165) is 11.3 Å². The molecule has 2 aromatic heterocycles. The Morgan fingerprint density at radius 2 is 2.03 bits per heavy atom. The smallest absolute Gasteiger partial charge is 0.343 e. The molecule has 0 aliphatic heterocycles. The number of anilines is 3. The Balaban J connectivity index is 2.05. The van der Waals surface area contributed by atoms with Crippen LogP contribution in [0.25, 0.3) is 11.3 Å². The van der Waals surface area contributed by atoms with Crippen LogP contribution in [0.1, 0.15) is 24.2 Å². The first-order valence-electron chi connectivity index (χ1n) is 10.4. The molecule has 0 unspecified atom stereocenters. The number of allylic oxidation sites excluding steroid dienone is 1. The highest BCUT2D eigenvalue weighted by Gasteiger charge is 2.19. The number of aliphatic imine (C=N–C) groups is 1. The van der Waals surface area contributed by atoms with Gasteiger partial charge in [0, 0.05) is 25.0 Å². The van der Waals surface area contributed by atoms with E-state index in [4.69, 9.17) is 9.47 Å². The zero-order valence-corrected chi connectivity index (χ0v) is 19.0. The molecule has 0 spiro atoms. The van der Waals surface area contributed by atoms with Crippen molar-refractivity contribution < 1.29 is 14.3 Å². The number of rotatable bonds is 8. The lowest BCUT2D eigenvalue weighted by atomic mass is 10.1. The highest BCUT2D eigenvalue weighted by atomic mass is 16.5. The fourth-order valence-electron chi connectivity index (χ4n) is 3.05. The van der Waals surface area contributed by atoms with E-state index in [-0.39, 0.29) is 23.9 Å². The molecule has 3 rings (SSSR count). The monoisotopic (exact) mass is 446 g/mol. The van der Waals surface area contributed by atoms with Crippen LogP contribution in [0.4, 0.5) is 17.5 Å². The molecule has 2 N–H and O–H groups in total. The second kappa shape index (κ2) is 11.4. The molecule has 0 atom stereocenters. The zero-order valence-electron chi connectivity index (χ0n) is 19.0. The van der Waals surface area contributed by atoms with Gasteiger partial charge in [-0.25, -0.2) is 9.78 Å². The molecule has 9 heteroatoms. The van der Waals surface area contributed by atoms with Crippen molar-refractivity contribution in [3.63, 3.8) is 0 Å². The summed E-state index contributed by atoms with van der Waals surface area (Å²) in [6.45, 7) is 3.85. The molecule has 0 aliphatic rings. The van der Waals surface area contributed by atoms with E-state index in [1.165, 1.54) is 6.20 Å². The SMILES string of the molecule is C/C=C\C(=NC)Nc1ncc(C(=O)OCC)c(Nc2cccc(-c3ccccn3)c2OC)n1. The number of methoxy groups -OCH3 is 1. The summed E-state index contributed by atoms with van der Waals surface area (Å²) in [5.41, 5.74) is 2.34. The lowest BCUT2D eigenvalue weighted by molar-refractivity contribution is 0.0526. The molecular formula is C24H26N6O3. The normalized spacial score (nSPS) is 11.3. The van der Waals surface area contributed by atoms with Gasteiger partial charge in [0.2, 0.25) is 5.95 Å². The number of nitrogens with zero attached hydrogens (tertiary/aromatic N) is 4. The maximum absolute atomic E-state index is 12.6. The Labute approximate surface area is 192 Å². The summed E-state index contributed by atoms with van der Waals surface area (Å²) in [6, 6.07) is 11.3. The Morgan fingerprint density at radius 3 is 2.70 bits per heavy atom. The largest absolute Gasteiger partial charge is 0.494 e. The molecule has 0 amide bonds. The number of benzene rings is 1. The first-order chi connectivity index (χ1) is 16.1. The van der Waals surface area contributed by atoms with Gasteiger partial charge in [-0.3, -0.25) is 9.98 Å². The van der Waals surface area contributed by atoms with Crippen molar-refractivity contribution in [3.8, 4) is 17.0 Å². The summed E-state index contributed by atoms with van der Waals surface area (Å²) in [5.74, 6) is 1.12. The second-order valence-electron chi connectivity index (χ2n) is 6.64. The third-order valence-electron chi connectivity index (χ3n) is 4.50. The Kier molecular flexibility index (Phi) is 8.07. The molecule has 0 bridgehead atoms. The molecular weight excluding hydrogens is 420 g/mol. The van der Waals surface area contributed by atoms with Crippen molar-refractivity contribution in [3.05, 3.63) is 66.5 Å². The average molecular weight is 447 g/mol. The third kappa shape index (κ3) is 5.70. The number of carbonyl (C=O) groups is 1. The van der Waals surface area contributed by atoms with Gasteiger partial charge in [0.15, 0.2) is 11.6 Å². The number of aromatic nitrogens is 3. The van der Waals surface area contributed by atoms with Crippen molar-refractivity contribution in [1.82, 2.24) is 15.0 Å². The van der Waals surface area contributed by atoms with Gasteiger partial charge in [0.05, 0.1) is 25.1 Å². The number of pyridine rings is 1. The predicted molar refractivity (Wildman–Crippen MR) is 129 cm³/mol. The zero-order chi connectivity index (χ0) is 23.6.